The van der Waals surface area contributed by atoms with Gasteiger partial charge in [0.1, 0.15) is 23.9 Å². The fourth-order valence-electron chi connectivity index (χ4n) is 1.86. The number of aromatic nitrogens is 5. The maximum Gasteiger partial charge on any atom is 0.316 e. The van der Waals surface area contributed by atoms with Gasteiger partial charge in [-0.1, -0.05) is 16.9 Å². The highest BCUT2D eigenvalue weighted by Gasteiger charge is 2.14. The number of hydrogen-bond donors (Lipinski definition) is 0. The van der Waals surface area contributed by atoms with E-state index in [1.807, 2.05) is 0 Å². The molecule has 11 heteroatoms. The van der Waals surface area contributed by atoms with Crippen molar-refractivity contribution in [2.75, 3.05) is 5.75 Å². The third kappa shape index (κ3) is 4.18. The van der Waals surface area contributed by atoms with Crippen molar-refractivity contribution in [1.29, 1.82) is 0 Å². The third-order valence-electron chi connectivity index (χ3n) is 3.04. The summed E-state index contributed by atoms with van der Waals surface area (Å²) < 4.78 is 38.1. The van der Waals surface area contributed by atoms with Gasteiger partial charge in [-0.2, -0.15) is 0 Å². The summed E-state index contributed by atoms with van der Waals surface area (Å²) in [6, 6.07) is 4.52. The maximum atomic E-state index is 13.7. The molecule has 0 N–H and O–H groups in total. The lowest BCUT2D eigenvalue weighted by Crippen LogP contribution is -2.08. The van der Waals surface area contributed by atoms with E-state index in [1.54, 1.807) is 7.05 Å². The molecule has 0 amide bonds. The Morgan fingerprint density at radius 2 is 2.20 bits per heavy atom. The number of ether oxygens (including phenoxy) is 1. The van der Waals surface area contributed by atoms with Crippen LogP contribution in [0.15, 0.2) is 33.9 Å². The number of thioether (sulfide) groups is 1. The topological polar surface area (TPSA) is 95.9 Å². The Kier molecular flexibility index (Phi) is 5.03. The van der Waals surface area contributed by atoms with E-state index in [1.165, 1.54) is 16.8 Å². The Morgan fingerprint density at radius 3 is 2.92 bits per heavy atom. The zero-order valence-electron chi connectivity index (χ0n) is 12.8. The first-order valence-corrected chi connectivity index (χ1v) is 7.93. The molecule has 0 aliphatic rings. The molecule has 0 fully saturated rings. The molecule has 3 aromatic rings. The number of tetrazole rings is 1. The summed E-state index contributed by atoms with van der Waals surface area (Å²) >= 11 is 1.13. The lowest BCUT2D eigenvalue weighted by molar-refractivity contribution is -0.141. The lowest BCUT2D eigenvalue weighted by atomic mass is 10.1. The summed E-state index contributed by atoms with van der Waals surface area (Å²) in [5.74, 6) is -1.82. The average Bonchev–Trinajstić information content (AvgIpc) is 3.20. The van der Waals surface area contributed by atoms with Gasteiger partial charge in [0.15, 0.2) is 5.76 Å². The van der Waals surface area contributed by atoms with Crippen molar-refractivity contribution in [3.63, 3.8) is 0 Å². The number of esters is 1. The van der Waals surface area contributed by atoms with Gasteiger partial charge in [0, 0.05) is 19.2 Å². The highest BCUT2D eigenvalue weighted by molar-refractivity contribution is 7.99. The highest BCUT2D eigenvalue weighted by Crippen LogP contribution is 2.24. The van der Waals surface area contributed by atoms with E-state index in [4.69, 9.17) is 9.26 Å². The second-order valence-electron chi connectivity index (χ2n) is 4.84. The van der Waals surface area contributed by atoms with Gasteiger partial charge in [0.05, 0.1) is 11.3 Å². The molecule has 0 bridgehead atoms. The number of halogens is 2. The fraction of sp³-hybridized carbons (Fsp3) is 0.214. The first-order valence-electron chi connectivity index (χ1n) is 6.94. The minimum atomic E-state index is -0.770. The van der Waals surface area contributed by atoms with Crippen LogP contribution in [0.3, 0.4) is 0 Å². The van der Waals surface area contributed by atoms with Crippen molar-refractivity contribution in [2.45, 2.75) is 11.8 Å². The number of nitrogens with zero attached hydrogens (tertiary/aromatic N) is 5. The number of carbonyl (C=O) groups excluding carboxylic acids is 1. The number of aryl methyl sites for hydroxylation is 1. The standard InChI is InChI=1S/C14H11F2N5O3S/c1-21-14(17-19-20-21)25-7-13(22)23-6-9-5-12(24-18-9)10-3-2-8(15)4-11(10)16/h2-5H,6-7H2,1H3. The number of benzene rings is 1. The molecule has 0 saturated carbocycles. The van der Waals surface area contributed by atoms with Crippen LogP contribution in [-0.2, 0) is 23.2 Å². The van der Waals surface area contributed by atoms with Crippen LogP contribution < -0.4 is 0 Å². The van der Waals surface area contributed by atoms with Gasteiger partial charge in [-0.3, -0.25) is 4.79 Å². The van der Waals surface area contributed by atoms with Crippen LogP contribution in [0.1, 0.15) is 5.69 Å². The van der Waals surface area contributed by atoms with Gasteiger partial charge in [-0.05, 0) is 22.6 Å². The minimum absolute atomic E-state index is 0.0194. The molecule has 0 unspecified atom stereocenters. The summed E-state index contributed by atoms with van der Waals surface area (Å²) in [5, 5.41) is 15.0. The van der Waals surface area contributed by atoms with Gasteiger partial charge >= 0.3 is 5.97 Å². The lowest BCUT2D eigenvalue weighted by Gasteiger charge is -2.01. The molecule has 0 aliphatic carbocycles. The Labute approximate surface area is 144 Å². The molecule has 1 aromatic carbocycles. The molecule has 8 nitrogen and oxygen atoms in total. The molecule has 0 atom stereocenters. The quantitative estimate of drug-likeness (QED) is 0.482. The minimum Gasteiger partial charge on any atom is -0.458 e. The molecule has 0 aliphatic heterocycles. The van der Waals surface area contributed by atoms with Gasteiger partial charge < -0.3 is 9.26 Å². The van der Waals surface area contributed by atoms with Gasteiger partial charge in [0.2, 0.25) is 5.16 Å². The molecule has 3 rings (SSSR count). The highest BCUT2D eigenvalue weighted by atomic mass is 32.2. The number of carbonyl (C=O) groups is 1. The van der Waals surface area contributed by atoms with E-state index < -0.39 is 17.6 Å². The first-order chi connectivity index (χ1) is 12.0. The molecule has 0 spiro atoms. The Bertz CT molecular complexity index is 898. The van der Waals surface area contributed by atoms with Gasteiger partial charge in [-0.25, -0.2) is 13.5 Å². The second-order valence-corrected chi connectivity index (χ2v) is 5.78. The van der Waals surface area contributed by atoms with Crippen LogP contribution in [0.5, 0.6) is 0 Å². The maximum absolute atomic E-state index is 13.7. The summed E-state index contributed by atoms with van der Waals surface area (Å²) in [5.41, 5.74) is 0.370. The molecular formula is C14H11F2N5O3S. The monoisotopic (exact) mass is 367 g/mol. The normalized spacial score (nSPS) is 10.8. The molecule has 0 radical (unpaired) electrons. The largest absolute Gasteiger partial charge is 0.458 e. The number of hydrogen-bond acceptors (Lipinski definition) is 8. The fourth-order valence-corrected chi connectivity index (χ4v) is 2.51. The molecule has 0 saturated heterocycles. The molecule has 130 valence electrons. The van der Waals surface area contributed by atoms with Crippen molar-refractivity contribution in [3.8, 4) is 11.3 Å². The van der Waals surface area contributed by atoms with Crippen LogP contribution in [0.25, 0.3) is 11.3 Å². The predicted molar refractivity (Wildman–Crippen MR) is 81.2 cm³/mol. The Hall–Kier alpha value is -2.82. The van der Waals surface area contributed by atoms with Crippen molar-refractivity contribution >= 4 is 17.7 Å². The van der Waals surface area contributed by atoms with Gasteiger partial charge in [0.25, 0.3) is 0 Å². The van der Waals surface area contributed by atoms with Crippen molar-refractivity contribution in [3.05, 3.63) is 41.6 Å². The van der Waals surface area contributed by atoms with Crippen molar-refractivity contribution in [2.24, 2.45) is 7.05 Å². The summed E-state index contributed by atoms with van der Waals surface area (Å²) in [4.78, 5) is 11.7. The Morgan fingerprint density at radius 1 is 1.36 bits per heavy atom. The van der Waals surface area contributed by atoms with Crippen LogP contribution in [0.2, 0.25) is 0 Å². The molecule has 2 heterocycles. The third-order valence-corrected chi connectivity index (χ3v) is 4.02. The molecule has 2 aromatic heterocycles. The average molecular weight is 367 g/mol. The number of rotatable bonds is 6. The van der Waals surface area contributed by atoms with Crippen molar-refractivity contribution < 1.29 is 22.8 Å². The van der Waals surface area contributed by atoms with E-state index >= 15 is 0 Å². The van der Waals surface area contributed by atoms with Crippen molar-refractivity contribution in [1.82, 2.24) is 25.4 Å². The Balaban J connectivity index is 1.54. The second kappa shape index (κ2) is 7.38. The van der Waals surface area contributed by atoms with Crippen LogP contribution in [0, 0.1) is 11.6 Å². The predicted octanol–water partition coefficient (Wildman–Crippen LogP) is 1.98. The smallest absolute Gasteiger partial charge is 0.316 e. The van der Waals surface area contributed by atoms with E-state index in [0.29, 0.717) is 10.9 Å². The summed E-state index contributed by atoms with van der Waals surface area (Å²) in [6.45, 7) is -0.136. The molecule has 25 heavy (non-hydrogen) atoms. The van der Waals surface area contributed by atoms with E-state index in [2.05, 4.69) is 20.7 Å². The van der Waals surface area contributed by atoms with E-state index in [-0.39, 0.29) is 23.7 Å². The SMILES string of the molecule is Cn1nnnc1SCC(=O)OCc1cc(-c2ccc(F)cc2F)on1. The van der Waals surface area contributed by atoms with Crippen LogP contribution in [0.4, 0.5) is 8.78 Å². The van der Waals surface area contributed by atoms with E-state index in [0.717, 1.165) is 23.9 Å². The zero-order valence-corrected chi connectivity index (χ0v) is 13.7. The van der Waals surface area contributed by atoms with Crippen LogP contribution in [-0.4, -0.2) is 37.1 Å². The summed E-state index contributed by atoms with van der Waals surface area (Å²) in [6.07, 6.45) is 0. The van der Waals surface area contributed by atoms with Gasteiger partial charge in [-0.15, -0.1) is 5.10 Å². The van der Waals surface area contributed by atoms with E-state index in [9.17, 15) is 13.6 Å². The first kappa shape index (κ1) is 17.0. The zero-order chi connectivity index (χ0) is 17.8. The summed E-state index contributed by atoms with van der Waals surface area (Å²) in [7, 11) is 1.65. The molecular weight excluding hydrogens is 356 g/mol. The van der Waals surface area contributed by atoms with Crippen LogP contribution >= 0.6 is 11.8 Å².